The van der Waals surface area contributed by atoms with Gasteiger partial charge in [0.25, 0.3) is 0 Å². The second kappa shape index (κ2) is 7.21. The number of rotatable bonds is 6. The Labute approximate surface area is 125 Å². The molecule has 1 unspecified atom stereocenters. The van der Waals surface area contributed by atoms with E-state index in [9.17, 15) is 8.78 Å². The quantitative estimate of drug-likeness (QED) is 0.742. The zero-order valence-corrected chi connectivity index (χ0v) is 12.5. The van der Waals surface area contributed by atoms with Crippen LogP contribution < -0.4 is 5.32 Å². The van der Waals surface area contributed by atoms with E-state index in [1.807, 2.05) is 6.92 Å². The molecule has 1 nitrogen and oxygen atoms in total. The van der Waals surface area contributed by atoms with Crippen molar-refractivity contribution in [3.63, 3.8) is 0 Å². The van der Waals surface area contributed by atoms with Crippen LogP contribution in [0.3, 0.4) is 0 Å². The Morgan fingerprint density at radius 1 is 1.05 bits per heavy atom. The lowest BCUT2D eigenvalue weighted by Crippen LogP contribution is -2.08. The van der Waals surface area contributed by atoms with E-state index in [0.29, 0.717) is 5.69 Å². The van der Waals surface area contributed by atoms with Crippen LogP contribution in [-0.4, -0.2) is 0 Å². The average Bonchev–Trinajstić information content (AvgIpc) is 2.48. The minimum Gasteiger partial charge on any atom is -0.376 e. The molecule has 1 N–H and O–H groups in total. The van der Waals surface area contributed by atoms with Crippen molar-refractivity contribution >= 4 is 5.69 Å². The third-order valence-corrected chi connectivity index (χ3v) is 3.60. The summed E-state index contributed by atoms with van der Waals surface area (Å²) in [4.78, 5) is 0. The molecule has 2 rings (SSSR count). The summed E-state index contributed by atoms with van der Waals surface area (Å²) >= 11 is 0. The second-order valence-electron chi connectivity index (χ2n) is 5.34. The molecule has 112 valence electrons. The van der Waals surface area contributed by atoms with Gasteiger partial charge in [0, 0.05) is 12.1 Å². The number of hydrogen-bond acceptors (Lipinski definition) is 1. The number of benzene rings is 2. The van der Waals surface area contributed by atoms with Crippen LogP contribution in [0.5, 0.6) is 0 Å². The maximum Gasteiger partial charge on any atom is 0.149 e. The predicted molar refractivity (Wildman–Crippen MR) is 83.4 cm³/mol. The van der Waals surface area contributed by atoms with Gasteiger partial charge >= 0.3 is 0 Å². The molecule has 1 atom stereocenters. The summed E-state index contributed by atoms with van der Waals surface area (Å²) in [6.45, 7) is 4.14. The maximum atomic E-state index is 13.6. The molecule has 0 aliphatic heterocycles. The molecule has 0 bridgehead atoms. The highest BCUT2D eigenvalue weighted by Gasteiger charge is 2.09. The van der Waals surface area contributed by atoms with Crippen molar-refractivity contribution in [2.75, 3.05) is 5.32 Å². The van der Waals surface area contributed by atoms with E-state index >= 15 is 0 Å². The monoisotopic (exact) mass is 289 g/mol. The molecule has 0 amide bonds. The molecular weight excluding hydrogens is 268 g/mol. The number of halogens is 2. The summed E-state index contributed by atoms with van der Waals surface area (Å²) in [7, 11) is 0. The Hall–Kier alpha value is -1.90. The summed E-state index contributed by atoms with van der Waals surface area (Å²) < 4.78 is 26.5. The summed E-state index contributed by atoms with van der Waals surface area (Å²) in [5, 5.41) is 3.07. The Morgan fingerprint density at radius 2 is 1.76 bits per heavy atom. The first-order valence-electron chi connectivity index (χ1n) is 7.40. The van der Waals surface area contributed by atoms with E-state index in [1.54, 1.807) is 0 Å². The lowest BCUT2D eigenvalue weighted by Gasteiger charge is -2.16. The van der Waals surface area contributed by atoms with E-state index in [4.69, 9.17) is 0 Å². The minimum atomic E-state index is -0.568. The van der Waals surface area contributed by atoms with Crippen LogP contribution in [0.1, 0.15) is 43.9 Å². The van der Waals surface area contributed by atoms with Crippen molar-refractivity contribution in [2.45, 2.75) is 39.2 Å². The van der Waals surface area contributed by atoms with Crippen molar-refractivity contribution in [2.24, 2.45) is 0 Å². The molecule has 0 fully saturated rings. The highest BCUT2D eigenvalue weighted by Crippen LogP contribution is 2.22. The van der Waals surface area contributed by atoms with Crippen LogP contribution >= 0.6 is 0 Å². The van der Waals surface area contributed by atoms with E-state index in [-0.39, 0.29) is 6.04 Å². The number of anilines is 1. The van der Waals surface area contributed by atoms with Gasteiger partial charge in [-0.15, -0.1) is 0 Å². The number of unbranched alkanes of at least 4 members (excludes halogenated alkanes) is 1. The molecule has 3 heteroatoms. The molecule has 0 aliphatic carbocycles. The molecule has 2 aromatic rings. The van der Waals surface area contributed by atoms with Gasteiger partial charge in [0.1, 0.15) is 11.6 Å². The molecular formula is C18H21F2N. The van der Waals surface area contributed by atoms with Crippen molar-refractivity contribution in [3.05, 3.63) is 65.2 Å². The zero-order valence-electron chi connectivity index (χ0n) is 12.5. The molecule has 0 saturated heterocycles. The molecule has 0 heterocycles. The first-order valence-corrected chi connectivity index (χ1v) is 7.40. The largest absolute Gasteiger partial charge is 0.376 e. The first kappa shape index (κ1) is 15.5. The molecule has 0 aliphatic rings. The summed E-state index contributed by atoms with van der Waals surface area (Å²) in [5.41, 5.74) is 2.72. The van der Waals surface area contributed by atoms with E-state index in [1.165, 1.54) is 30.5 Å². The lowest BCUT2D eigenvalue weighted by molar-refractivity contribution is 0.584. The van der Waals surface area contributed by atoms with Gasteiger partial charge in [-0.3, -0.25) is 0 Å². The van der Waals surface area contributed by atoms with Crippen LogP contribution in [0.25, 0.3) is 0 Å². The Kier molecular flexibility index (Phi) is 5.32. The molecule has 0 spiro atoms. The van der Waals surface area contributed by atoms with Crippen LogP contribution in [0.4, 0.5) is 14.5 Å². The molecule has 21 heavy (non-hydrogen) atoms. The summed E-state index contributed by atoms with van der Waals surface area (Å²) in [6.07, 6.45) is 3.46. The van der Waals surface area contributed by atoms with E-state index in [0.717, 1.165) is 18.1 Å². The van der Waals surface area contributed by atoms with Gasteiger partial charge in [0.15, 0.2) is 0 Å². The normalized spacial score (nSPS) is 12.2. The third kappa shape index (κ3) is 4.28. The smallest absolute Gasteiger partial charge is 0.149 e. The van der Waals surface area contributed by atoms with Crippen molar-refractivity contribution in [3.8, 4) is 0 Å². The number of nitrogens with one attached hydrogen (secondary N) is 1. The fraction of sp³-hybridized carbons (Fsp3) is 0.333. The lowest BCUT2D eigenvalue weighted by atomic mass is 10.0. The van der Waals surface area contributed by atoms with Crippen LogP contribution in [0.2, 0.25) is 0 Å². The zero-order chi connectivity index (χ0) is 15.2. The van der Waals surface area contributed by atoms with Crippen molar-refractivity contribution in [1.82, 2.24) is 0 Å². The van der Waals surface area contributed by atoms with Gasteiger partial charge in [0.05, 0.1) is 5.69 Å². The van der Waals surface area contributed by atoms with Gasteiger partial charge in [-0.05, 0) is 43.0 Å². The fourth-order valence-corrected chi connectivity index (χ4v) is 2.28. The summed E-state index contributed by atoms with van der Waals surface area (Å²) in [5.74, 6) is -1.13. The van der Waals surface area contributed by atoms with Gasteiger partial charge in [-0.25, -0.2) is 8.78 Å². The summed E-state index contributed by atoms with van der Waals surface area (Å²) in [6, 6.07) is 11.9. The SMILES string of the molecule is CCCCc1ccc(C(C)Nc2ccc(F)cc2F)cc1. The van der Waals surface area contributed by atoms with Gasteiger partial charge in [-0.2, -0.15) is 0 Å². The van der Waals surface area contributed by atoms with Crippen molar-refractivity contribution in [1.29, 1.82) is 0 Å². The molecule has 0 saturated carbocycles. The maximum absolute atomic E-state index is 13.6. The van der Waals surface area contributed by atoms with E-state index < -0.39 is 11.6 Å². The standard InChI is InChI=1S/C18H21F2N/c1-3-4-5-14-6-8-15(9-7-14)13(2)21-18-11-10-16(19)12-17(18)20/h6-13,21H,3-5H2,1-2H3. The highest BCUT2D eigenvalue weighted by molar-refractivity contribution is 5.47. The Morgan fingerprint density at radius 3 is 2.38 bits per heavy atom. The first-order chi connectivity index (χ1) is 10.1. The third-order valence-electron chi connectivity index (χ3n) is 3.60. The fourth-order valence-electron chi connectivity index (χ4n) is 2.28. The Balaban J connectivity index is 2.04. The minimum absolute atomic E-state index is 0.0369. The van der Waals surface area contributed by atoms with E-state index in [2.05, 4.69) is 36.5 Å². The predicted octanol–water partition coefficient (Wildman–Crippen LogP) is 5.48. The van der Waals surface area contributed by atoms with Gasteiger partial charge in [0.2, 0.25) is 0 Å². The molecule has 2 aromatic carbocycles. The number of aryl methyl sites for hydroxylation is 1. The van der Waals surface area contributed by atoms with Crippen LogP contribution in [0, 0.1) is 11.6 Å². The average molecular weight is 289 g/mol. The molecule has 0 aromatic heterocycles. The topological polar surface area (TPSA) is 12.0 Å². The highest BCUT2D eigenvalue weighted by atomic mass is 19.1. The van der Waals surface area contributed by atoms with Gasteiger partial charge < -0.3 is 5.32 Å². The second-order valence-corrected chi connectivity index (χ2v) is 5.34. The molecule has 0 radical (unpaired) electrons. The van der Waals surface area contributed by atoms with Crippen molar-refractivity contribution < 1.29 is 8.78 Å². The van der Waals surface area contributed by atoms with Crippen LogP contribution in [-0.2, 0) is 6.42 Å². The van der Waals surface area contributed by atoms with Crippen LogP contribution in [0.15, 0.2) is 42.5 Å². The van der Waals surface area contributed by atoms with Gasteiger partial charge in [-0.1, -0.05) is 37.6 Å². The number of hydrogen-bond donors (Lipinski definition) is 1. The Bertz CT molecular complexity index is 578.